The molecule has 0 saturated carbocycles. The fourth-order valence-electron chi connectivity index (χ4n) is 0. The molecule has 0 spiro atoms. The van der Waals surface area contributed by atoms with Gasteiger partial charge in [0.25, 0.3) is 0 Å². The topological polar surface area (TPSA) is 172 Å². The molecule has 0 atom stereocenters. The molecule has 0 aromatic carbocycles. The molecule has 0 aromatic heterocycles. The van der Waals surface area contributed by atoms with Crippen molar-refractivity contribution < 1.29 is 38.5 Å². The van der Waals surface area contributed by atoms with Crippen LogP contribution in [0.25, 0.3) is 0 Å². The van der Waals surface area contributed by atoms with E-state index in [2.05, 4.69) is 0 Å². The number of hydrogen-bond acceptors (Lipinski definition) is 8. The Morgan fingerprint density at radius 2 is 0.583 bits per heavy atom. The van der Waals surface area contributed by atoms with E-state index in [1.54, 1.807) is 0 Å². The van der Waals surface area contributed by atoms with Gasteiger partial charge in [-0.1, -0.05) is 0 Å². The monoisotopic (exact) mass is 212 g/mol. The minimum Gasteiger partial charge on any atom is -0.822 e. The maximum absolute atomic E-state index is 8.55. The van der Waals surface area contributed by atoms with Gasteiger partial charge in [0.2, 0.25) is 0 Å². The van der Waals surface area contributed by atoms with E-state index in [0.717, 1.165) is 0 Å². The normalized spacial score (nSPS) is 9.83. The Labute approximate surface area is 71.9 Å². The standard InChI is InChI=1S/2B.2H3O4P/c;;2*1-5(2,3)4/h;;2*(H3,1,2,3,4)/q2*+3;;/p-6. The Kier molecular flexibility index (Phi) is 15.2. The van der Waals surface area contributed by atoms with Crippen LogP contribution in [0.2, 0.25) is 0 Å². The molecule has 0 amide bonds. The largest absolute Gasteiger partial charge is 3.00 e. The summed E-state index contributed by atoms with van der Waals surface area (Å²) in [6.07, 6.45) is 0. The molecule has 0 saturated heterocycles. The molecular formula is B2O8P2. The van der Waals surface area contributed by atoms with E-state index in [-0.39, 0.29) is 16.8 Å². The van der Waals surface area contributed by atoms with Crippen LogP contribution in [0.3, 0.4) is 0 Å². The number of hydrogen-bond donors (Lipinski definition) is 0. The van der Waals surface area contributed by atoms with Crippen molar-refractivity contribution in [2.45, 2.75) is 0 Å². The first kappa shape index (κ1) is 22.8. The Hall–Kier alpha value is 0.350. The van der Waals surface area contributed by atoms with E-state index in [0.29, 0.717) is 0 Å². The van der Waals surface area contributed by atoms with Crippen LogP contribution in [0.15, 0.2) is 0 Å². The SMILES string of the molecule is O=P([O-])([O-])[O-].O=P([O-])([O-])[O-].[B+3].[B+3]. The summed E-state index contributed by atoms with van der Waals surface area (Å²) < 4.78 is 17.1. The zero-order valence-electron chi connectivity index (χ0n) is 5.32. The molecule has 8 nitrogen and oxygen atoms in total. The van der Waals surface area contributed by atoms with Gasteiger partial charge in [-0.2, -0.15) is 15.6 Å². The van der Waals surface area contributed by atoms with Gasteiger partial charge < -0.3 is 38.5 Å². The van der Waals surface area contributed by atoms with Crippen LogP contribution < -0.4 is 29.4 Å². The van der Waals surface area contributed by atoms with Gasteiger partial charge in [0.15, 0.2) is 0 Å². The molecule has 0 unspecified atom stereocenters. The molecule has 0 heterocycles. The second-order valence-electron chi connectivity index (χ2n) is 0.894. The maximum Gasteiger partial charge on any atom is 3.00 e. The van der Waals surface area contributed by atoms with Crippen LogP contribution in [0.4, 0.5) is 0 Å². The molecule has 0 radical (unpaired) electrons. The van der Waals surface area contributed by atoms with E-state index in [9.17, 15) is 0 Å². The first-order valence-electron chi connectivity index (χ1n) is 1.46. The summed E-state index contributed by atoms with van der Waals surface area (Å²) in [5.41, 5.74) is 0. The predicted octanol–water partition coefficient (Wildman–Crippen LogP) is -6.41. The van der Waals surface area contributed by atoms with Gasteiger partial charge in [-0.3, -0.25) is 0 Å². The molecule has 0 fully saturated rings. The molecule has 0 aliphatic heterocycles. The van der Waals surface area contributed by atoms with Gasteiger partial charge in [0.1, 0.15) is 0 Å². The Balaban J connectivity index is -0.0000000457. The van der Waals surface area contributed by atoms with E-state index < -0.39 is 15.6 Å². The van der Waals surface area contributed by atoms with E-state index in [1.807, 2.05) is 0 Å². The predicted molar refractivity (Wildman–Crippen MR) is 26.7 cm³/mol. The van der Waals surface area contributed by atoms with Crippen molar-refractivity contribution in [3.63, 3.8) is 0 Å². The quantitative estimate of drug-likeness (QED) is 0.281. The van der Waals surface area contributed by atoms with Gasteiger partial charge in [0, 0.05) is 0 Å². The van der Waals surface area contributed by atoms with Gasteiger partial charge in [0.05, 0.1) is 0 Å². The maximum atomic E-state index is 8.55. The van der Waals surface area contributed by atoms with E-state index >= 15 is 0 Å². The molecule has 0 rings (SSSR count). The summed E-state index contributed by atoms with van der Waals surface area (Å²) in [4.78, 5) is 51.3. The summed E-state index contributed by atoms with van der Waals surface area (Å²) in [5.74, 6) is 0. The average Bonchev–Trinajstić information content (AvgIpc) is 1.12. The Bertz CT molecular complexity index is 127. The summed E-state index contributed by atoms with van der Waals surface area (Å²) in [6, 6.07) is 0. The van der Waals surface area contributed by atoms with Crippen molar-refractivity contribution in [3.05, 3.63) is 0 Å². The summed E-state index contributed by atoms with van der Waals surface area (Å²) in [5, 5.41) is 0. The minimum absolute atomic E-state index is 0. The molecule has 64 valence electrons. The summed E-state index contributed by atoms with van der Waals surface area (Å²) in [6.45, 7) is 0. The van der Waals surface area contributed by atoms with E-state index in [1.165, 1.54) is 0 Å². The zero-order chi connectivity index (χ0) is 9.00. The minimum atomic E-state index is -5.39. The fraction of sp³-hybridized carbons (Fsp3) is 0. The van der Waals surface area contributed by atoms with Crippen LogP contribution in [-0.2, 0) is 9.13 Å². The molecule has 0 aliphatic rings. The molecular weight excluding hydrogens is 212 g/mol. The number of phosphoric acid groups is 2. The molecule has 0 aliphatic carbocycles. The van der Waals surface area contributed by atoms with Crippen molar-refractivity contribution in [2.75, 3.05) is 0 Å². The molecule has 0 N–H and O–H groups in total. The number of rotatable bonds is 0. The molecule has 0 bridgehead atoms. The van der Waals surface area contributed by atoms with Crippen LogP contribution in [0.5, 0.6) is 0 Å². The third kappa shape index (κ3) is 7390. The molecule has 12 heavy (non-hydrogen) atoms. The smallest absolute Gasteiger partial charge is 0.822 e. The Morgan fingerprint density at radius 3 is 0.583 bits per heavy atom. The van der Waals surface area contributed by atoms with Gasteiger partial charge >= 0.3 is 16.8 Å². The van der Waals surface area contributed by atoms with Crippen molar-refractivity contribution in [2.24, 2.45) is 0 Å². The third-order valence-corrected chi connectivity index (χ3v) is 0. The van der Waals surface area contributed by atoms with Crippen molar-refractivity contribution >= 4 is 32.5 Å². The third-order valence-electron chi connectivity index (χ3n) is 0. The van der Waals surface area contributed by atoms with Crippen LogP contribution in [0, 0.1) is 0 Å². The Morgan fingerprint density at radius 1 is 0.583 bits per heavy atom. The average molecular weight is 212 g/mol. The second-order valence-corrected chi connectivity index (χ2v) is 2.68. The van der Waals surface area contributed by atoms with Gasteiger partial charge in [-0.05, 0) is 0 Å². The van der Waals surface area contributed by atoms with E-state index in [4.69, 9.17) is 38.5 Å². The second kappa shape index (κ2) is 7.97. The molecule has 12 heteroatoms. The van der Waals surface area contributed by atoms with Gasteiger partial charge in [-0.15, -0.1) is 0 Å². The fourth-order valence-corrected chi connectivity index (χ4v) is 0. The van der Waals surface area contributed by atoms with Crippen LogP contribution >= 0.6 is 15.6 Å². The molecule has 0 aromatic rings. The zero-order valence-corrected chi connectivity index (χ0v) is 7.10. The van der Waals surface area contributed by atoms with Crippen LogP contribution in [0.1, 0.15) is 0 Å². The van der Waals surface area contributed by atoms with Crippen molar-refractivity contribution in [1.82, 2.24) is 0 Å². The summed E-state index contributed by atoms with van der Waals surface area (Å²) >= 11 is 0. The summed E-state index contributed by atoms with van der Waals surface area (Å²) in [7, 11) is -10.8. The first-order valence-corrected chi connectivity index (χ1v) is 4.38. The first-order chi connectivity index (χ1) is 4.00. The van der Waals surface area contributed by atoms with Crippen LogP contribution in [-0.4, -0.2) is 16.8 Å². The van der Waals surface area contributed by atoms with Crippen molar-refractivity contribution in [1.29, 1.82) is 0 Å². The van der Waals surface area contributed by atoms with Gasteiger partial charge in [-0.25, -0.2) is 0 Å². The van der Waals surface area contributed by atoms with Crippen molar-refractivity contribution in [3.8, 4) is 0 Å².